The maximum Gasteiger partial charge on any atom is 0.254 e. The predicted octanol–water partition coefficient (Wildman–Crippen LogP) is 4.64. The molecule has 0 aliphatic heterocycles. The van der Waals surface area contributed by atoms with Crippen LogP contribution in [0.1, 0.15) is 21.5 Å². The quantitative estimate of drug-likeness (QED) is 0.527. The van der Waals surface area contributed by atoms with E-state index in [0.29, 0.717) is 29.1 Å². The first-order valence-electron chi connectivity index (χ1n) is 8.84. The summed E-state index contributed by atoms with van der Waals surface area (Å²) in [5.41, 5.74) is 3.50. The number of amides is 1. The molecule has 0 unspecified atom stereocenters. The number of hydrogen-bond donors (Lipinski definition) is 0. The smallest absolute Gasteiger partial charge is 0.254 e. The number of carbonyl (C=O) groups excluding carboxylic acids is 1. The van der Waals surface area contributed by atoms with Gasteiger partial charge in [0.1, 0.15) is 5.69 Å². The maximum atomic E-state index is 13.2. The molecule has 2 heterocycles. The van der Waals surface area contributed by atoms with Crippen molar-refractivity contribution in [1.82, 2.24) is 9.88 Å². The van der Waals surface area contributed by atoms with Gasteiger partial charge < -0.3 is 9.32 Å². The van der Waals surface area contributed by atoms with Gasteiger partial charge in [0.15, 0.2) is 5.76 Å². The number of rotatable bonds is 4. The molecule has 4 aromatic rings. The number of para-hydroxylation sites is 1. The Balaban J connectivity index is 1.70. The first kappa shape index (κ1) is 17.5. The third-order valence-corrected chi connectivity index (χ3v) is 4.57. The Hall–Kier alpha value is -3.91. The molecule has 136 valence electrons. The lowest BCUT2D eigenvalue weighted by Crippen LogP contribution is -2.26. The van der Waals surface area contributed by atoms with Crippen LogP contribution in [0.25, 0.3) is 22.4 Å². The molecule has 5 nitrogen and oxygen atoms in total. The first-order chi connectivity index (χ1) is 13.7. The van der Waals surface area contributed by atoms with Crippen molar-refractivity contribution in [2.75, 3.05) is 7.05 Å². The second-order valence-corrected chi connectivity index (χ2v) is 6.52. The van der Waals surface area contributed by atoms with Crippen molar-refractivity contribution in [3.63, 3.8) is 0 Å². The molecule has 0 radical (unpaired) electrons. The third-order valence-electron chi connectivity index (χ3n) is 4.57. The molecule has 28 heavy (non-hydrogen) atoms. The minimum absolute atomic E-state index is 0.101. The van der Waals surface area contributed by atoms with Crippen molar-refractivity contribution in [1.29, 1.82) is 5.26 Å². The van der Waals surface area contributed by atoms with Crippen molar-refractivity contribution in [2.45, 2.75) is 6.54 Å². The average Bonchev–Trinajstić information content (AvgIpc) is 3.28. The summed E-state index contributed by atoms with van der Waals surface area (Å²) in [7, 11) is 1.77. The van der Waals surface area contributed by atoms with Gasteiger partial charge in [0, 0.05) is 19.0 Å². The highest BCUT2D eigenvalue weighted by atomic mass is 16.3. The molecule has 0 fully saturated rings. The molecule has 0 spiro atoms. The van der Waals surface area contributed by atoms with Crippen LogP contribution >= 0.6 is 0 Å². The zero-order chi connectivity index (χ0) is 19.5. The number of nitrogens with zero attached hydrogens (tertiary/aromatic N) is 3. The van der Waals surface area contributed by atoms with E-state index in [-0.39, 0.29) is 5.91 Å². The fourth-order valence-corrected chi connectivity index (χ4v) is 3.14. The zero-order valence-corrected chi connectivity index (χ0v) is 15.3. The maximum absolute atomic E-state index is 13.2. The van der Waals surface area contributed by atoms with Crippen molar-refractivity contribution >= 4 is 16.8 Å². The minimum atomic E-state index is -0.101. The number of nitriles is 1. The molecule has 0 bridgehead atoms. The lowest BCUT2D eigenvalue weighted by molar-refractivity contribution is 0.0787. The molecule has 5 heteroatoms. The van der Waals surface area contributed by atoms with E-state index in [0.717, 1.165) is 16.5 Å². The molecule has 0 saturated heterocycles. The molecular formula is C23H17N3O2. The van der Waals surface area contributed by atoms with Crippen LogP contribution in [-0.4, -0.2) is 22.8 Å². The lowest BCUT2D eigenvalue weighted by Gasteiger charge is -2.19. The number of pyridine rings is 1. The normalized spacial score (nSPS) is 10.6. The Bertz CT molecular complexity index is 1170. The van der Waals surface area contributed by atoms with E-state index in [4.69, 9.17) is 9.68 Å². The second-order valence-electron chi connectivity index (χ2n) is 6.52. The van der Waals surface area contributed by atoms with Crippen LogP contribution in [-0.2, 0) is 6.54 Å². The highest BCUT2D eigenvalue weighted by Gasteiger charge is 2.18. The van der Waals surface area contributed by atoms with E-state index < -0.39 is 0 Å². The molecule has 2 aromatic heterocycles. The Labute approximate surface area is 162 Å². The van der Waals surface area contributed by atoms with Crippen molar-refractivity contribution < 1.29 is 9.21 Å². The van der Waals surface area contributed by atoms with Gasteiger partial charge >= 0.3 is 0 Å². The van der Waals surface area contributed by atoms with Gasteiger partial charge in [0.25, 0.3) is 5.91 Å². The van der Waals surface area contributed by atoms with Crippen LogP contribution in [0.15, 0.2) is 77.4 Å². The summed E-state index contributed by atoms with van der Waals surface area (Å²) >= 11 is 0. The summed E-state index contributed by atoms with van der Waals surface area (Å²) in [6.07, 6.45) is 1.59. The molecule has 0 aliphatic rings. The molecule has 0 aliphatic carbocycles. The molecule has 0 N–H and O–H groups in total. The zero-order valence-electron chi connectivity index (χ0n) is 15.3. The van der Waals surface area contributed by atoms with Crippen molar-refractivity contribution in [2.24, 2.45) is 0 Å². The van der Waals surface area contributed by atoms with Crippen LogP contribution in [0.3, 0.4) is 0 Å². The van der Waals surface area contributed by atoms with Gasteiger partial charge in [-0.15, -0.1) is 0 Å². The Morgan fingerprint density at radius 3 is 2.61 bits per heavy atom. The van der Waals surface area contributed by atoms with Crippen LogP contribution in [0.2, 0.25) is 0 Å². The van der Waals surface area contributed by atoms with Gasteiger partial charge in [-0.25, -0.2) is 4.98 Å². The Morgan fingerprint density at radius 1 is 1.11 bits per heavy atom. The van der Waals surface area contributed by atoms with Gasteiger partial charge in [-0.2, -0.15) is 5.26 Å². The summed E-state index contributed by atoms with van der Waals surface area (Å²) in [6, 6.07) is 22.3. The molecule has 0 saturated carbocycles. The fraction of sp³-hybridized carbons (Fsp3) is 0.0870. The SMILES string of the molecule is CN(Cc1ccc(C#N)cc1)C(=O)c1cc(-c2ccco2)nc2ccccc12. The van der Waals surface area contributed by atoms with E-state index in [1.807, 2.05) is 42.5 Å². The summed E-state index contributed by atoms with van der Waals surface area (Å²) in [4.78, 5) is 19.5. The molecule has 2 aromatic carbocycles. The van der Waals surface area contributed by atoms with Gasteiger partial charge in [-0.05, 0) is 42.0 Å². The first-order valence-corrected chi connectivity index (χ1v) is 8.84. The number of benzene rings is 2. The standard InChI is InChI=1S/C23H17N3O2/c1-26(15-17-10-8-16(14-24)9-11-17)23(27)19-13-21(22-7-4-12-28-22)25-20-6-3-2-5-18(19)20/h2-13H,15H2,1H3. The monoisotopic (exact) mass is 367 g/mol. The number of carbonyl (C=O) groups is 1. The Morgan fingerprint density at radius 2 is 1.89 bits per heavy atom. The van der Waals surface area contributed by atoms with Crippen LogP contribution in [0, 0.1) is 11.3 Å². The van der Waals surface area contributed by atoms with Gasteiger partial charge in [-0.3, -0.25) is 4.79 Å². The summed E-state index contributed by atoms with van der Waals surface area (Å²) < 4.78 is 5.47. The number of fused-ring (bicyclic) bond motifs is 1. The van der Waals surface area contributed by atoms with Gasteiger partial charge in [0.2, 0.25) is 0 Å². The van der Waals surface area contributed by atoms with E-state index in [9.17, 15) is 4.79 Å². The van der Waals surface area contributed by atoms with E-state index in [2.05, 4.69) is 11.1 Å². The fourth-order valence-electron chi connectivity index (χ4n) is 3.14. The van der Waals surface area contributed by atoms with Crippen molar-refractivity contribution in [3.8, 4) is 17.5 Å². The molecular weight excluding hydrogens is 350 g/mol. The largest absolute Gasteiger partial charge is 0.463 e. The second kappa shape index (κ2) is 7.37. The number of hydrogen-bond acceptors (Lipinski definition) is 4. The average molecular weight is 367 g/mol. The van der Waals surface area contributed by atoms with Crippen LogP contribution < -0.4 is 0 Å². The van der Waals surface area contributed by atoms with Gasteiger partial charge in [0.05, 0.1) is 29.0 Å². The number of furan rings is 1. The highest BCUT2D eigenvalue weighted by Crippen LogP contribution is 2.26. The van der Waals surface area contributed by atoms with Gasteiger partial charge in [-0.1, -0.05) is 30.3 Å². The lowest BCUT2D eigenvalue weighted by atomic mass is 10.0. The molecule has 1 amide bonds. The van der Waals surface area contributed by atoms with E-state index >= 15 is 0 Å². The summed E-state index contributed by atoms with van der Waals surface area (Å²) in [5, 5.41) is 9.72. The predicted molar refractivity (Wildman–Crippen MR) is 106 cm³/mol. The molecule has 0 atom stereocenters. The van der Waals surface area contributed by atoms with Crippen LogP contribution in [0.5, 0.6) is 0 Å². The Kier molecular flexibility index (Phi) is 4.61. The molecule has 4 rings (SSSR count). The summed E-state index contributed by atoms with van der Waals surface area (Å²) in [6.45, 7) is 0.442. The third kappa shape index (κ3) is 3.36. The van der Waals surface area contributed by atoms with Crippen LogP contribution in [0.4, 0.5) is 0 Å². The minimum Gasteiger partial charge on any atom is -0.463 e. The van der Waals surface area contributed by atoms with E-state index in [1.165, 1.54) is 0 Å². The summed E-state index contributed by atoms with van der Waals surface area (Å²) in [5.74, 6) is 0.519. The highest BCUT2D eigenvalue weighted by molar-refractivity contribution is 6.07. The topological polar surface area (TPSA) is 70.1 Å². The number of aromatic nitrogens is 1. The van der Waals surface area contributed by atoms with Crippen molar-refractivity contribution in [3.05, 3.63) is 89.7 Å². The van der Waals surface area contributed by atoms with E-state index in [1.54, 1.807) is 42.5 Å².